The highest BCUT2D eigenvalue weighted by Gasteiger charge is 2.38. The van der Waals surface area contributed by atoms with Gasteiger partial charge in [-0.3, -0.25) is 0 Å². The van der Waals surface area contributed by atoms with Gasteiger partial charge >= 0.3 is 18.1 Å². The van der Waals surface area contributed by atoms with Gasteiger partial charge in [-0.1, -0.05) is 24.3 Å². The molecule has 3 aromatic rings. The van der Waals surface area contributed by atoms with Crippen LogP contribution in [-0.2, 0) is 19.1 Å². The Morgan fingerprint density at radius 1 is 1.08 bits per heavy atom. The third-order valence-electron chi connectivity index (χ3n) is 6.22. The van der Waals surface area contributed by atoms with Gasteiger partial charge in [0.25, 0.3) is 0 Å². The van der Waals surface area contributed by atoms with Gasteiger partial charge in [0, 0.05) is 43.9 Å². The van der Waals surface area contributed by atoms with E-state index in [1.807, 2.05) is 31.3 Å². The van der Waals surface area contributed by atoms with Crippen molar-refractivity contribution in [3.05, 3.63) is 65.3 Å². The van der Waals surface area contributed by atoms with E-state index in [-0.39, 0.29) is 23.7 Å². The molecule has 0 spiro atoms. The highest BCUT2D eigenvalue weighted by Crippen LogP contribution is 2.31. The van der Waals surface area contributed by atoms with Gasteiger partial charge in [0.2, 0.25) is 5.89 Å². The Kier molecular flexibility index (Phi) is 7.96. The Morgan fingerprint density at radius 2 is 1.81 bits per heavy atom. The summed E-state index contributed by atoms with van der Waals surface area (Å²) < 4.78 is 63.5. The molecule has 4 rings (SSSR count). The number of ether oxygens (including phenoxy) is 1. The van der Waals surface area contributed by atoms with Crippen molar-refractivity contribution in [2.45, 2.75) is 19.1 Å². The number of carbonyl (C=O) groups excluding carboxylic acids is 1. The van der Waals surface area contributed by atoms with E-state index in [9.17, 15) is 18.0 Å². The van der Waals surface area contributed by atoms with E-state index < -0.39 is 23.8 Å². The third kappa shape index (κ3) is 6.37. The molecule has 0 saturated carbocycles. The summed E-state index contributed by atoms with van der Waals surface area (Å²) in [5.41, 5.74) is 1.13. The maximum Gasteiger partial charge on any atom is 0.470 e. The number of nitrogens with zero attached hydrogens (tertiary/aromatic N) is 5. The van der Waals surface area contributed by atoms with Crippen molar-refractivity contribution < 1.29 is 31.5 Å². The molecule has 0 bridgehead atoms. The molecule has 2 aromatic carbocycles. The summed E-state index contributed by atoms with van der Waals surface area (Å²) in [6.07, 6.45) is -4.30. The number of carbonyl (C=O) groups is 1. The molecule has 8 nitrogen and oxygen atoms in total. The lowest BCUT2D eigenvalue weighted by Crippen LogP contribution is -2.52. The molecule has 1 saturated heterocycles. The zero-order chi connectivity index (χ0) is 26.6. The Balaban J connectivity index is 1.54. The molecular weight excluding hydrogens is 494 g/mol. The monoisotopic (exact) mass is 521 g/mol. The molecule has 0 aliphatic carbocycles. The minimum Gasteiger partial charge on any atom is -0.496 e. The van der Waals surface area contributed by atoms with Gasteiger partial charge in [-0.15, -0.1) is 10.2 Å². The zero-order valence-corrected chi connectivity index (χ0v) is 20.5. The summed E-state index contributed by atoms with van der Waals surface area (Å²) in [6, 6.07) is 11.1. The number of benzene rings is 2. The molecule has 1 aliphatic heterocycles. The normalized spacial score (nSPS) is 14.6. The standard InChI is InChI=1S/C25H27F4N5O3/c1-32-11-13-33(14-12-32)24(35)34(10-9-17-5-3-4-6-21(17)36-2)16-19-8-7-18(15-20(19)26)22-30-31-23(37-22)25(27,28)29/h3-8,15H,9-14,16H2,1-2H3. The van der Waals surface area contributed by atoms with Gasteiger partial charge in [0.1, 0.15) is 11.6 Å². The molecule has 1 aliphatic rings. The number of rotatable bonds is 7. The van der Waals surface area contributed by atoms with Gasteiger partial charge in [-0.05, 0) is 37.2 Å². The van der Waals surface area contributed by atoms with Crippen molar-refractivity contribution in [1.29, 1.82) is 0 Å². The van der Waals surface area contributed by atoms with E-state index in [4.69, 9.17) is 4.74 Å². The zero-order valence-electron chi connectivity index (χ0n) is 20.5. The van der Waals surface area contributed by atoms with Crippen molar-refractivity contribution in [3.8, 4) is 17.2 Å². The summed E-state index contributed by atoms with van der Waals surface area (Å²) in [4.78, 5) is 18.9. The molecule has 1 fully saturated rings. The molecule has 1 aromatic heterocycles. The fraction of sp³-hybridized carbons (Fsp3) is 0.400. The summed E-state index contributed by atoms with van der Waals surface area (Å²) in [5, 5.41) is 6.34. The van der Waals surface area contributed by atoms with Crippen LogP contribution < -0.4 is 4.74 Å². The number of hydrogen-bond acceptors (Lipinski definition) is 6. The molecular formula is C25H27F4N5O3. The summed E-state index contributed by atoms with van der Waals surface area (Å²) in [6.45, 7) is 2.87. The SMILES string of the molecule is COc1ccccc1CCN(Cc1ccc(-c2nnc(C(F)(F)F)o2)cc1F)C(=O)N1CCN(C)CC1. The lowest BCUT2D eigenvalue weighted by atomic mass is 10.1. The smallest absolute Gasteiger partial charge is 0.470 e. The number of piperazine rings is 1. The number of halogens is 4. The summed E-state index contributed by atoms with van der Waals surface area (Å²) in [5.74, 6) is -1.95. The molecule has 0 radical (unpaired) electrons. The molecule has 2 amide bonds. The number of hydrogen-bond donors (Lipinski definition) is 0. The van der Waals surface area contributed by atoms with Crippen LogP contribution in [0.15, 0.2) is 46.9 Å². The van der Waals surface area contributed by atoms with Gasteiger partial charge in [0.15, 0.2) is 0 Å². The van der Waals surface area contributed by atoms with E-state index >= 15 is 4.39 Å². The molecule has 0 atom stereocenters. The van der Waals surface area contributed by atoms with Gasteiger partial charge in [-0.25, -0.2) is 9.18 Å². The lowest BCUT2D eigenvalue weighted by molar-refractivity contribution is -0.156. The van der Waals surface area contributed by atoms with Crippen LogP contribution in [-0.4, -0.2) is 77.8 Å². The van der Waals surface area contributed by atoms with E-state index in [0.29, 0.717) is 31.8 Å². The Hall–Kier alpha value is -3.67. The van der Waals surface area contributed by atoms with Crippen LogP contribution in [0.25, 0.3) is 11.5 Å². The molecule has 0 N–H and O–H groups in total. The highest BCUT2D eigenvalue weighted by atomic mass is 19.4. The minimum atomic E-state index is -4.80. The van der Waals surface area contributed by atoms with Gasteiger partial charge in [-0.2, -0.15) is 13.2 Å². The first-order valence-electron chi connectivity index (χ1n) is 11.7. The largest absolute Gasteiger partial charge is 0.496 e. The van der Waals surface area contributed by atoms with Gasteiger partial charge < -0.3 is 23.9 Å². The van der Waals surface area contributed by atoms with Crippen molar-refractivity contribution in [2.75, 3.05) is 46.9 Å². The summed E-state index contributed by atoms with van der Waals surface area (Å²) >= 11 is 0. The average Bonchev–Trinajstić information content (AvgIpc) is 3.39. The van der Waals surface area contributed by atoms with E-state index in [1.165, 1.54) is 12.1 Å². The number of likely N-dealkylation sites (N-methyl/N-ethyl adjacent to an activating group) is 1. The van der Waals surface area contributed by atoms with E-state index in [1.54, 1.807) is 16.9 Å². The van der Waals surface area contributed by atoms with E-state index in [0.717, 1.165) is 24.7 Å². The Morgan fingerprint density at radius 3 is 2.46 bits per heavy atom. The fourth-order valence-corrected chi connectivity index (χ4v) is 4.07. The van der Waals surface area contributed by atoms with Crippen LogP contribution in [0, 0.1) is 5.82 Å². The molecule has 198 valence electrons. The first kappa shape index (κ1) is 26.4. The maximum atomic E-state index is 15.1. The molecule has 37 heavy (non-hydrogen) atoms. The predicted octanol–water partition coefficient (Wildman–Crippen LogP) is 4.32. The molecule has 0 unspecified atom stereocenters. The second kappa shape index (κ2) is 11.2. The Bertz CT molecular complexity index is 1230. The molecule has 2 heterocycles. The van der Waals surface area contributed by atoms with Crippen LogP contribution in [0.2, 0.25) is 0 Å². The fourth-order valence-electron chi connectivity index (χ4n) is 4.07. The predicted molar refractivity (Wildman–Crippen MR) is 126 cm³/mol. The van der Waals surface area contributed by atoms with Crippen LogP contribution in [0.5, 0.6) is 5.75 Å². The number of methoxy groups -OCH3 is 1. The number of para-hydroxylation sites is 1. The number of urea groups is 1. The van der Waals surface area contributed by atoms with Crippen molar-refractivity contribution in [3.63, 3.8) is 0 Å². The maximum absolute atomic E-state index is 15.1. The molecule has 12 heteroatoms. The van der Waals surface area contributed by atoms with E-state index in [2.05, 4.69) is 19.5 Å². The summed E-state index contributed by atoms with van der Waals surface area (Å²) in [7, 11) is 3.56. The van der Waals surface area contributed by atoms with Crippen molar-refractivity contribution in [2.24, 2.45) is 0 Å². The number of alkyl halides is 3. The highest BCUT2D eigenvalue weighted by molar-refractivity contribution is 5.74. The minimum absolute atomic E-state index is 0.00946. The first-order valence-corrected chi connectivity index (χ1v) is 11.7. The van der Waals surface area contributed by atoms with Crippen molar-refractivity contribution in [1.82, 2.24) is 24.9 Å². The van der Waals surface area contributed by atoms with Crippen LogP contribution in [0.3, 0.4) is 0 Å². The quantitative estimate of drug-likeness (QED) is 0.432. The number of aromatic nitrogens is 2. The van der Waals surface area contributed by atoms with Gasteiger partial charge in [0.05, 0.1) is 13.7 Å². The number of amides is 2. The Labute approximate surface area is 211 Å². The lowest BCUT2D eigenvalue weighted by Gasteiger charge is -2.36. The van der Waals surface area contributed by atoms with Crippen LogP contribution in [0.4, 0.5) is 22.4 Å². The average molecular weight is 522 g/mol. The van der Waals surface area contributed by atoms with Crippen LogP contribution >= 0.6 is 0 Å². The van der Waals surface area contributed by atoms with Crippen LogP contribution in [0.1, 0.15) is 17.0 Å². The third-order valence-corrected chi connectivity index (χ3v) is 6.22. The van der Waals surface area contributed by atoms with Crippen molar-refractivity contribution >= 4 is 6.03 Å². The topological polar surface area (TPSA) is 74.9 Å². The first-order chi connectivity index (χ1) is 17.7. The second-order valence-electron chi connectivity index (χ2n) is 8.77. The second-order valence-corrected chi connectivity index (χ2v) is 8.77.